The molecule has 17 nitrogen and oxygen atoms in total. The number of aryl methyl sites for hydroxylation is 1. The first-order chi connectivity index (χ1) is 34.0. The van der Waals surface area contributed by atoms with Gasteiger partial charge in [-0.25, -0.2) is 0 Å². The van der Waals surface area contributed by atoms with Crippen molar-refractivity contribution in [3.05, 3.63) is 113 Å². The summed E-state index contributed by atoms with van der Waals surface area (Å²) in [4.78, 5) is 78.1. The molecule has 1 aromatic heterocycles. The molecule has 390 valence electrons. The van der Waals surface area contributed by atoms with E-state index in [1.54, 1.807) is 66.5 Å². The van der Waals surface area contributed by atoms with Crippen LogP contribution in [0.2, 0.25) is 0 Å². The fourth-order valence-corrected chi connectivity index (χ4v) is 9.06. The molecular formula is C55H75N7O10. The number of ether oxygens (including phenoxy) is 4. The maximum atomic E-state index is 14.1. The number of fused-ring (bicyclic) bond motifs is 1. The van der Waals surface area contributed by atoms with E-state index < -0.39 is 17.9 Å². The number of morpholine rings is 1. The fourth-order valence-electron chi connectivity index (χ4n) is 9.06. The number of carboxylic acid groups (broad SMARTS) is 1. The van der Waals surface area contributed by atoms with Crippen LogP contribution in [0.5, 0.6) is 0 Å². The number of piperidine rings is 1. The van der Waals surface area contributed by atoms with Crippen molar-refractivity contribution in [3.63, 3.8) is 0 Å². The molecular weight excluding hydrogens is 919 g/mol. The molecule has 3 N–H and O–H groups in total. The van der Waals surface area contributed by atoms with Crippen molar-refractivity contribution in [2.24, 2.45) is 0 Å². The van der Waals surface area contributed by atoms with E-state index in [-0.39, 0.29) is 58.3 Å². The number of benzene rings is 3. The Morgan fingerprint density at radius 2 is 1.47 bits per heavy atom. The Morgan fingerprint density at radius 3 is 2.25 bits per heavy atom. The average molecular weight is 994 g/mol. The van der Waals surface area contributed by atoms with Crippen LogP contribution >= 0.6 is 0 Å². The van der Waals surface area contributed by atoms with Gasteiger partial charge in [0.15, 0.2) is 0 Å². The van der Waals surface area contributed by atoms with Crippen molar-refractivity contribution >= 4 is 41.0 Å². The molecule has 4 amide bonds. The predicted molar refractivity (Wildman–Crippen MR) is 279 cm³/mol. The van der Waals surface area contributed by atoms with Crippen LogP contribution in [0, 0.1) is 0 Å². The molecule has 2 atom stereocenters. The van der Waals surface area contributed by atoms with Gasteiger partial charge in [0.1, 0.15) is 6.04 Å². The predicted octanol–water partition coefficient (Wildman–Crippen LogP) is 6.83. The van der Waals surface area contributed by atoms with Crippen LogP contribution in [0.4, 0.5) is 11.4 Å². The summed E-state index contributed by atoms with van der Waals surface area (Å²) in [6.07, 6.45) is 7.82. The van der Waals surface area contributed by atoms with Crippen LogP contribution in [0.1, 0.15) is 102 Å². The van der Waals surface area contributed by atoms with Gasteiger partial charge in [0, 0.05) is 87.5 Å². The van der Waals surface area contributed by atoms with Crippen molar-refractivity contribution in [1.82, 2.24) is 25.0 Å². The van der Waals surface area contributed by atoms with E-state index in [9.17, 15) is 24.0 Å². The quantitative estimate of drug-likeness (QED) is 0.0657. The highest BCUT2D eigenvalue weighted by atomic mass is 16.5. The van der Waals surface area contributed by atoms with Crippen molar-refractivity contribution in [2.75, 3.05) is 116 Å². The molecule has 0 unspecified atom stereocenters. The summed E-state index contributed by atoms with van der Waals surface area (Å²) in [7, 11) is 3.43. The minimum Gasteiger partial charge on any atom is -0.481 e. The summed E-state index contributed by atoms with van der Waals surface area (Å²) < 4.78 is 22.0. The lowest BCUT2D eigenvalue weighted by Gasteiger charge is -2.37. The topological polar surface area (TPSA) is 192 Å². The van der Waals surface area contributed by atoms with Crippen molar-refractivity contribution in [1.29, 1.82) is 0 Å². The highest BCUT2D eigenvalue weighted by Gasteiger charge is 2.32. The summed E-state index contributed by atoms with van der Waals surface area (Å²) in [5.74, 6) is -1.87. The third-order valence-corrected chi connectivity index (χ3v) is 13.1. The number of amides is 4. The van der Waals surface area contributed by atoms with Crippen molar-refractivity contribution in [3.8, 4) is 11.3 Å². The minimum atomic E-state index is -0.909. The van der Waals surface area contributed by atoms with Gasteiger partial charge in [0.2, 0.25) is 5.91 Å². The Bertz CT molecular complexity index is 2410. The maximum absolute atomic E-state index is 14.1. The van der Waals surface area contributed by atoms with E-state index in [1.807, 2.05) is 35.2 Å². The van der Waals surface area contributed by atoms with E-state index >= 15 is 0 Å². The van der Waals surface area contributed by atoms with E-state index in [4.69, 9.17) is 29.0 Å². The minimum absolute atomic E-state index is 0. The number of aromatic nitrogens is 1. The first-order valence-electron chi connectivity index (χ1n) is 24.5. The molecule has 0 radical (unpaired) electrons. The number of anilines is 2. The summed E-state index contributed by atoms with van der Waals surface area (Å²) in [6, 6.07) is 23.7. The zero-order valence-electron chi connectivity index (χ0n) is 40.4. The average Bonchev–Trinajstić information content (AvgIpc) is 3.39. The number of rotatable bonds is 23. The van der Waals surface area contributed by atoms with Gasteiger partial charge in [0.25, 0.3) is 17.7 Å². The van der Waals surface area contributed by atoms with Gasteiger partial charge < -0.3 is 49.4 Å². The third kappa shape index (κ3) is 15.9. The summed E-state index contributed by atoms with van der Waals surface area (Å²) in [5.41, 5.74) is 6.32. The first kappa shape index (κ1) is 56.7. The summed E-state index contributed by atoms with van der Waals surface area (Å²) >= 11 is 0. The Kier molecular flexibility index (Phi) is 22.6. The molecule has 3 aromatic carbocycles. The Balaban J connectivity index is 0.00000481. The van der Waals surface area contributed by atoms with Gasteiger partial charge in [-0.15, -0.1) is 0 Å². The molecule has 7 rings (SSSR count). The molecule has 3 aliphatic rings. The molecule has 0 spiro atoms. The van der Waals surface area contributed by atoms with Gasteiger partial charge in [-0.2, -0.15) is 0 Å². The second kappa shape index (κ2) is 28.7. The lowest BCUT2D eigenvalue weighted by Crippen LogP contribution is -2.56. The molecule has 4 aromatic rings. The summed E-state index contributed by atoms with van der Waals surface area (Å²) in [5, 5.41) is 15.0. The molecule has 1 aliphatic carbocycles. The highest BCUT2D eigenvalue weighted by molar-refractivity contribution is 6.08. The number of nitrogens with one attached hydrogen (secondary N) is 2. The van der Waals surface area contributed by atoms with Crippen molar-refractivity contribution in [2.45, 2.75) is 71.9 Å². The van der Waals surface area contributed by atoms with Crippen LogP contribution in [0.3, 0.4) is 0 Å². The van der Waals surface area contributed by atoms with Crippen LogP contribution in [0.25, 0.3) is 11.3 Å². The van der Waals surface area contributed by atoms with Gasteiger partial charge in [-0.05, 0) is 98.2 Å². The number of carbonyl (C=O) groups excluding carboxylic acids is 4. The molecule has 3 heterocycles. The molecule has 2 saturated heterocycles. The standard InChI is InChI=1S/C53H67N7O10.2CH4/c1-57(23-24-60-26-29-70-37-48(60)53(66)58(2)25-28-68-31-33-69-32-30-67-27-19-49(61)62)52(65)41-13-8-12-39(34-41)50(63)56-46-17-16-42(59-21-6-3-7-22-59)36-44(46)47-35-40(18-20-54-47)51(64)55-45-15-9-11-38-10-4-5-14-43(38)45;;/h4-5,8,10,12-14,16-18,20,34-36,45,48H,3,6-7,9,11,15,19,21-33,37H2,1-2H3,(H,55,64)(H,56,63)(H,61,62);2*1H4/t45-,48-;;/m0../s1. The zero-order chi connectivity index (χ0) is 49.2. The first-order valence-corrected chi connectivity index (χ1v) is 24.5. The van der Waals surface area contributed by atoms with Gasteiger partial charge in [-0.1, -0.05) is 45.2 Å². The molecule has 0 saturated carbocycles. The van der Waals surface area contributed by atoms with E-state index in [0.717, 1.165) is 56.4 Å². The number of hydrogen-bond donors (Lipinski definition) is 3. The van der Waals surface area contributed by atoms with E-state index in [2.05, 4.69) is 27.7 Å². The van der Waals surface area contributed by atoms with E-state index in [1.165, 1.54) is 12.0 Å². The number of nitrogens with zero attached hydrogens (tertiary/aromatic N) is 5. The number of aliphatic carboxylic acids is 1. The van der Waals surface area contributed by atoms with Gasteiger partial charge in [-0.3, -0.25) is 33.9 Å². The molecule has 72 heavy (non-hydrogen) atoms. The number of carbonyl (C=O) groups is 5. The van der Waals surface area contributed by atoms with Gasteiger partial charge in [0.05, 0.1) is 76.7 Å². The number of pyridine rings is 1. The molecule has 0 bridgehead atoms. The van der Waals surface area contributed by atoms with Crippen LogP contribution in [0.15, 0.2) is 85.1 Å². The second-order valence-corrected chi connectivity index (χ2v) is 18.0. The highest BCUT2D eigenvalue weighted by Crippen LogP contribution is 2.34. The monoisotopic (exact) mass is 994 g/mol. The maximum Gasteiger partial charge on any atom is 0.305 e. The Morgan fingerprint density at radius 1 is 0.750 bits per heavy atom. The fraction of sp³-hybridized carbons (Fsp3) is 0.491. The smallest absolute Gasteiger partial charge is 0.305 e. The molecule has 17 heteroatoms. The van der Waals surface area contributed by atoms with Crippen LogP contribution in [-0.2, 0) is 35.0 Å². The molecule has 2 aliphatic heterocycles. The largest absolute Gasteiger partial charge is 0.481 e. The lowest BCUT2D eigenvalue weighted by atomic mass is 9.87. The van der Waals surface area contributed by atoms with Gasteiger partial charge >= 0.3 is 5.97 Å². The molecule has 2 fully saturated rings. The Labute approximate surface area is 425 Å². The number of carboxylic acids is 1. The summed E-state index contributed by atoms with van der Waals surface area (Å²) in [6.45, 7) is 5.98. The van der Waals surface area contributed by atoms with Crippen LogP contribution < -0.4 is 15.5 Å². The SMILES string of the molecule is C.C.CN(CCN1CCOC[C@H]1C(=O)N(C)CCOCCOCCOCCC(=O)O)C(=O)c1cccc(C(=O)Nc2ccc(N3CCCCC3)cc2-c2cc(C(=O)N[C@H]3CCCc4ccccc43)ccn2)c1. The lowest BCUT2D eigenvalue weighted by molar-refractivity contribution is -0.142. The normalized spacial score (nSPS) is 16.6. The van der Waals surface area contributed by atoms with Crippen molar-refractivity contribution < 1.29 is 48.0 Å². The van der Waals surface area contributed by atoms with Crippen LogP contribution in [-0.4, -0.2) is 167 Å². The third-order valence-electron chi connectivity index (χ3n) is 13.1. The second-order valence-electron chi connectivity index (χ2n) is 18.0. The number of likely N-dealkylation sites (N-methyl/N-ethyl adjacent to an activating group) is 2. The van der Waals surface area contributed by atoms with E-state index in [0.29, 0.717) is 99.5 Å². The zero-order valence-corrected chi connectivity index (χ0v) is 40.4. The number of hydrogen-bond acceptors (Lipinski definition) is 12. The Hall–Kier alpha value is -6.24.